The van der Waals surface area contributed by atoms with Gasteiger partial charge in [0, 0.05) is 6.54 Å². The highest BCUT2D eigenvalue weighted by molar-refractivity contribution is 5.82. The molecule has 0 bridgehead atoms. The Bertz CT molecular complexity index is 246. The summed E-state index contributed by atoms with van der Waals surface area (Å²) in [6.45, 7) is 8.51. The highest BCUT2D eigenvalue weighted by Gasteiger charge is 2.17. The molecule has 2 amide bonds. The molecular weight excluding hydrogens is 208 g/mol. The van der Waals surface area contributed by atoms with E-state index in [-0.39, 0.29) is 5.41 Å². The second-order valence-corrected chi connectivity index (χ2v) is 5.01. The van der Waals surface area contributed by atoms with Gasteiger partial charge in [-0.25, -0.2) is 9.59 Å². The van der Waals surface area contributed by atoms with Gasteiger partial charge < -0.3 is 15.7 Å². The lowest BCUT2D eigenvalue weighted by atomic mass is 9.92. The number of carbonyl (C=O) groups excluding carboxylic acids is 1. The van der Waals surface area contributed by atoms with Crippen LogP contribution in [-0.2, 0) is 4.79 Å². The molecule has 1 atom stereocenters. The normalized spacial score (nSPS) is 13.0. The molecule has 0 aromatic carbocycles. The molecule has 16 heavy (non-hydrogen) atoms. The molecule has 3 N–H and O–H groups in total. The van der Waals surface area contributed by atoms with E-state index >= 15 is 0 Å². The molecule has 0 unspecified atom stereocenters. The van der Waals surface area contributed by atoms with Crippen molar-refractivity contribution in [2.45, 2.75) is 46.6 Å². The minimum atomic E-state index is -1.01. The topological polar surface area (TPSA) is 78.4 Å². The van der Waals surface area contributed by atoms with Gasteiger partial charge in [0.1, 0.15) is 6.04 Å². The van der Waals surface area contributed by atoms with Crippen molar-refractivity contribution < 1.29 is 14.7 Å². The molecule has 5 nitrogen and oxygen atoms in total. The van der Waals surface area contributed by atoms with E-state index in [4.69, 9.17) is 5.11 Å². The molecule has 5 heteroatoms. The Labute approximate surface area is 96.6 Å². The first kappa shape index (κ1) is 14.7. The van der Waals surface area contributed by atoms with Crippen LogP contribution in [0.5, 0.6) is 0 Å². The van der Waals surface area contributed by atoms with Gasteiger partial charge in [0.15, 0.2) is 0 Å². The number of aliphatic carboxylic acids is 1. The summed E-state index contributed by atoms with van der Waals surface area (Å²) in [6, 6.07) is -1.23. The van der Waals surface area contributed by atoms with E-state index in [0.717, 1.165) is 6.42 Å². The van der Waals surface area contributed by atoms with E-state index in [9.17, 15) is 9.59 Å². The van der Waals surface area contributed by atoms with Gasteiger partial charge in [-0.3, -0.25) is 0 Å². The predicted octanol–water partition coefficient (Wildman–Crippen LogP) is 1.58. The second-order valence-electron chi connectivity index (χ2n) is 5.01. The summed E-state index contributed by atoms with van der Waals surface area (Å²) in [4.78, 5) is 22.0. The summed E-state index contributed by atoms with van der Waals surface area (Å²) >= 11 is 0. The Morgan fingerprint density at radius 1 is 1.31 bits per heavy atom. The zero-order chi connectivity index (χ0) is 12.8. The molecule has 0 heterocycles. The minimum Gasteiger partial charge on any atom is -0.480 e. The Morgan fingerprint density at radius 2 is 1.88 bits per heavy atom. The maximum absolute atomic E-state index is 11.3. The van der Waals surface area contributed by atoms with Crippen molar-refractivity contribution in [3.8, 4) is 0 Å². The van der Waals surface area contributed by atoms with Gasteiger partial charge >= 0.3 is 12.0 Å². The van der Waals surface area contributed by atoms with Crippen LogP contribution in [0.1, 0.15) is 40.5 Å². The van der Waals surface area contributed by atoms with Crippen LogP contribution < -0.4 is 10.6 Å². The molecule has 0 aromatic heterocycles. The molecule has 0 saturated heterocycles. The van der Waals surface area contributed by atoms with Gasteiger partial charge in [-0.2, -0.15) is 0 Å². The fourth-order valence-electron chi connectivity index (χ4n) is 1.10. The Morgan fingerprint density at radius 3 is 2.25 bits per heavy atom. The molecule has 0 spiro atoms. The lowest BCUT2D eigenvalue weighted by Gasteiger charge is -2.19. The van der Waals surface area contributed by atoms with Crippen molar-refractivity contribution in [1.29, 1.82) is 0 Å². The first-order valence-electron chi connectivity index (χ1n) is 5.53. The van der Waals surface area contributed by atoms with Gasteiger partial charge in [0.25, 0.3) is 0 Å². The zero-order valence-electron chi connectivity index (χ0n) is 10.5. The minimum absolute atomic E-state index is 0.157. The fraction of sp³-hybridized carbons (Fsp3) is 0.818. The first-order valence-corrected chi connectivity index (χ1v) is 5.53. The summed E-state index contributed by atoms with van der Waals surface area (Å²) in [7, 11) is 0. The number of carbonyl (C=O) groups is 2. The van der Waals surface area contributed by atoms with Gasteiger partial charge in [-0.15, -0.1) is 0 Å². The molecule has 0 radical (unpaired) electrons. The molecule has 0 rings (SSSR count). The summed E-state index contributed by atoms with van der Waals surface area (Å²) in [5.41, 5.74) is 0.157. The molecule has 0 saturated carbocycles. The van der Waals surface area contributed by atoms with Crippen molar-refractivity contribution >= 4 is 12.0 Å². The molecule has 0 aromatic rings. The number of urea groups is 1. The number of carboxylic acids is 1. The van der Waals surface area contributed by atoms with E-state index in [1.165, 1.54) is 0 Å². The van der Waals surface area contributed by atoms with Crippen LogP contribution in [0.25, 0.3) is 0 Å². The summed E-state index contributed by atoms with van der Waals surface area (Å²) in [5, 5.41) is 13.8. The third kappa shape index (κ3) is 7.09. The lowest BCUT2D eigenvalue weighted by Crippen LogP contribution is -2.46. The maximum atomic E-state index is 11.3. The Hall–Kier alpha value is -1.26. The van der Waals surface area contributed by atoms with Crippen molar-refractivity contribution in [2.24, 2.45) is 5.41 Å². The predicted molar refractivity (Wildman–Crippen MR) is 62.3 cm³/mol. The van der Waals surface area contributed by atoms with Crippen LogP contribution in [0.4, 0.5) is 4.79 Å². The van der Waals surface area contributed by atoms with Gasteiger partial charge in [-0.1, -0.05) is 27.7 Å². The standard InChI is InChI=1S/C11H22N2O3/c1-5-8(9(14)15)13-10(16)12-7-6-11(2,3)4/h8H,5-7H2,1-4H3,(H,14,15)(H2,12,13,16)/t8-/m1/s1. The van der Waals surface area contributed by atoms with Crippen LogP contribution in [0.3, 0.4) is 0 Å². The monoisotopic (exact) mass is 230 g/mol. The van der Waals surface area contributed by atoms with Crippen molar-refractivity contribution in [3.05, 3.63) is 0 Å². The fourth-order valence-corrected chi connectivity index (χ4v) is 1.10. The van der Waals surface area contributed by atoms with E-state index in [1.54, 1.807) is 6.92 Å². The number of rotatable bonds is 5. The van der Waals surface area contributed by atoms with Crippen molar-refractivity contribution in [2.75, 3.05) is 6.54 Å². The van der Waals surface area contributed by atoms with Crippen LogP contribution in [0.15, 0.2) is 0 Å². The number of nitrogens with one attached hydrogen (secondary N) is 2. The van der Waals surface area contributed by atoms with E-state index in [0.29, 0.717) is 13.0 Å². The zero-order valence-corrected chi connectivity index (χ0v) is 10.5. The third-order valence-corrected chi connectivity index (χ3v) is 2.17. The molecule has 0 fully saturated rings. The highest BCUT2D eigenvalue weighted by atomic mass is 16.4. The number of carboxylic acid groups (broad SMARTS) is 1. The van der Waals surface area contributed by atoms with Crippen LogP contribution in [0.2, 0.25) is 0 Å². The summed E-state index contributed by atoms with van der Waals surface area (Å²) in [5.74, 6) is -1.01. The summed E-state index contributed by atoms with van der Waals surface area (Å²) < 4.78 is 0. The van der Waals surface area contributed by atoms with Gasteiger partial charge in [-0.05, 0) is 18.3 Å². The molecule has 0 aliphatic heterocycles. The third-order valence-electron chi connectivity index (χ3n) is 2.17. The van der Waals surface area contributed by atoms with Crippen LogP contribution >= 0.6 is 0 Å². The van der Waals surface area contributed by atoms with E-state index in [2.05, 4.69) is 31.4 Å². The van der Waals surface area contributed by atoms with Gasteiger partial charge in [0.05, 0.1) is 0 Å². The average Bonchev–Trinajstić information content (AvgIpc) is 2.11. The Balaban J connectivity index is 3.86. The molecule has 94 valence electrons. The Kier molecular flexibility index (Phi) is 5.85. The van der Waals surface area contributed by atoms with E-state index in [1.807, 2.05) is 0 Å². The maximum Gasteiger partial charge on any atom is 0.326 e. The SMILES string of the molecule is CC[C@@H](NC(=O)NCCC(C)(C)C)C(=O)O. The van der Waals surface area contributed by atoms with E-state index < -0.39 is 18.0 Å². The van der Waals surface area contributed by atoms with Crippen molar-refractivity contribution in [3.63, 3.8) is 0 Å². The largest absolute Gasteiger partial charge is 0.480 e. The number of hydrogen-bond acceptors (Lipinski definition) is 2. The molecule has 0 aliphatic rings. The quantitative estimate of drug-likeness (QED) is 0.671. The molecule has 0 aliphatic carbocycles. The van der Waals surface area contributed by atoms with Crippen LogP contribution in [0, 0.1) is 5.41 Å². The lowest BCUT2D eigenvalue weighted by molar-refractivity contribution is -0.139. The highest BCUT2D eigenvalue weighted by Crippen LogP contribution is 2.16. The summed E-state index contributed by atoms with van der Waals surface area (Å²) in [6.07, 6.45) is 1.23. The molecular formula is C11H22N2O3. The average molecular weight is 230 g/mol. The number of hydrogen-bond donors (Lipinski definition) is 3. The van der Waals surface area contributed by atoms with Gasteiger partial charge in [0.2, 0.25) is 0 Å². The van der Waals surface area contributed by atoms with Crippen LogP contribution in [-0.4, -0.2) is 29.7 Å². The smallest absolute Gasteiger partial charge is 0.326 e. The second kappa shape index (κ2) is 6.35. The number of amides is 2. The first-order chi connectivity index (χ1) is 7.26. The van der Waals surface area contributed by atoms with Crippen molar-refractivity contribution in [1.82, 2.24) is 10.6 Å².